The molecule has 1 aliphatic heterocycles. The molecule has 0 atom stereocenters. The van der Waals surface area contributed by atoms with Crippen molar-refractivity contribution in [3.63, 3.8) is 0 Å². The summed E-state index contributed by atoms with van der Waals surface area (Å²) in [6.07, 6.45) is 1.34. The van der Waals surface area contributed by atoms with E-state index in [1.54, 1.807) is 19.1 Å². The molecule has 2 aromatic carbocycles. The van der Waals surface area contributed by atoms with Crippen molar-refractivity contribution in [3.8, 4) is 5.75 Å². The Kier molecular flexibility index (Phi) is 6.09. The van der Waals surface area contributed by atoms with Gasteiger partial charge >= 0.3 is 0 Å². The Morgan fingerprint density at radius 3 is 2.52 bits per heavy atom. The van der Waals surface area contributed by atoms with Crippen molar-refractivity contribution < 1.29 is 21.6 Å². The molecule has 3 rings (SSSR count). The molecule has 0 saturated carbocycles. The second-order valence-corrected chi connectivity index (χ2v) is 10.7. The van der Waals surface area contributed by atoms with Gasteiger partial charge in [0.15, 0.2) is 0 Å². The van der Waals surface area contributed by atoms with Crippen LogP contribution < -0.4 is 13.8 Å². The smallest absolute Gasteiger partial charge is 0.265 e. The summed E-state index contributed by atoms with van der Waals surface area (Å²) in [6, 6.07) is 9.90. The van der Waals surface area contributed by atoms with E-state index in [2.05, 4.69) is 4.72 Å². The monoisotopic (exact) mass is 438 g/mol. The highest BCUT2D eigenvalue weighted by Gasteiger charge is 2.29. The highest BCUT2D eigenvalue weighted by Crippen LogP contribution is 2.33. The minimum absolute atomic E-state index is 0.0586. The number of rotatable bonds is 6. The molecule has 0 spiro atoms. The Morgan fingerprint density at radius 1 is 1.10 bits per heavy atom. The Bertz CT molecular complexity index is 1110. The van der Waals surface area contributed by atoms with E-state index in [0.717, 1.165) is 17.5 Å². The van der Waals surface area contributed by atoms with Gasteiger partial charge in [0.05, 0.1) is 23.7 Å². The van der Waals surface area contributed by atoms with Gasteiger partial charge in [-0.2, -0.15) is 0 Å². The summed E-state index contributed by atoms with van der Waals surface area (Å²) in [5, 5.41) is 0. The molecular formula is C20H26N2O5S2. The maximum Gasteiger partial charge on any atom is 0.265 e. The molecule has 1 aliphatic rings. The molecule has 0 aliphatic carbocycles. The molecule has 0 amide bonds. The number of hydrogen-bond acceptors (Lipinski definition) is 5. The third-order valence-electron chi connectivity index (χ3n) is 4.78. The first-order valence-corrected chi connectivity index (χ1v) is 12.6. The summed E-state index contributed by atoms with van der Waals surface area (Å²) >= 11 is 0. The minimum Gasteiger partial charge on any atom is -0.492 e. The first-order valence-electron chi connectivity index (χ1n) is 9.51. The van der Waals surface area contributed by atoms with E-state index >= 15 is 0 Å². The van der Waals surface area contributed by atoms with Crippen LogP contribution in [0.5, 0.6) is 5.75 Å². The Balaban J connectivity index is 2.05. The molecule has 1 N–H and O–H groups in total. The zero-order valence-corrected chi connectivity index (χ0v) is 18.4. The summed E-state index contributed by atoms with van der Waals surface area (Å²) in [6.45, 7) is 6.14. The largest absolute Gasteiger partial charge is 0.492 e. The van der Waals surface area contributed by atoms with Crippen molar-refractivity contribution in [3.05, 3.63) is 47.5 Å². The molecule has 0 unspecified atom stereocenters. The number of benzene rings is 2. The van der Waals surface area contributed by atoms with Crippen molar-refractivity contribution in [1.29, 1.82) is 0 Å². The molecule has 29 heavy (non-hydrogen) atoms. The number of nitrogens with zero attached hydrogens (tertiary/aromatic N) is 1. The van der Waals surface area contributed by atoms with Crippen LogP contribution in [0.15, 0.2) is 41.3 Å². The predicted octanol–water partition coefficient (Wildman–Crippen LogP) is 3.43. The van der Waals surface area contributed by atoms with Gasteiger partial charge in [-0.15, -0.1) is 0 Å². The number of sulfonamides is 2. The van der Waals surface area contributed by atoms with Gasteiger partial charge in [-0.05, 0) is 63.4 Å². The summed E-state index contributed by atoms with van der Waals surface area (Å²) < 4.78 is 60.6. The molecule has 7 nitrogen and oxygen atoms in total. The van der Waals surface area contributed by atoms with Crippen LogP contribution >= 0.6 is 0 Å². The second kappa shape index (κ2) is 8.23. The molecule has 158 valence electrons. The summed E-state index contributed by atoms with van der Waals surface area (Å²) in [7, 11) is -7.45. The molecule has 0 bridgehead atoms. The van der Waals surface area contributed by atoms with Crippen molar-refractivity contribution in [1.82, 2.24) is 0 Å². The third kappa shape index (κ3) is 4.67. The van der Waals surface area contributed by atoms with Crippen molar-refractivity contribution >= 4 is 31.4 Å². The van der Waals surface area contributed by atoms with Gasteiger partial charge < -0.3 is 4.74 Å². The molecule has 1 saturated heterocycles. The van der Waals surface area contributed by atoms with Crippen molar-refractivity contribution in [2.45, 2.75) is 38.5 Å². The number of anilines is 2. The maximum absolute atomic E-state index is 13.2. The fourth-order valence-electron chi connectivity index (χ4n) is 3.34. The highest BCUT2D eigenvalue weighted by molar-refractivity contribution is 7.93. The van der Waals surface area contributed by atoms with Crippen LogP contribution in [0.4, 0.5) is 11.4 Å². The van der Waals surface area contributed by atoms with Gasteiger partial charge in [-0.25, -0.2) is 16.8 Å². The molecule has 2 aromatic rings. The first kappa shape index (κ1) is 21.4. The topological polar surface area (TPSA) is 92.8 Å². The van der Waals surface area contributed by atoms with Crippen LogP contribution in [-0.4, -0.2) is 35.7 Å². The lowest BCUT2D eigenvalue weighted by atomic mass is 10.1. The zero-order chi connectivity index (χ0) is 21.2. The molecule has 1 heterocycles. The van der Waals surface area contributed by atoms with Crippen LogP contribution in [-0.2, 0) is 20.0 Å². The predicted molar refractivity (Wildman–Crippen MR) is 115 cm³/mol. The van der Waals surface area contributed by atoms with E-state index < -0.39 is 20.0 Å². The number of nitrogens with one attached hydrogen (secondary N) is 1. The lowest BCUT2D eigenvalue weighted by Gasteiger charge is -2.29. The minimum atomic E-state index is -4.00. The average Bonchev–Trinajstić information content (AvgIpc) is 2.64. The lowest BCUT2D eigenvalue weighted by Crippen LogP contribution is -2.38. The fraction of sp³-hybridized carbons (Fsp3) is 0.400. The molecule has 1 fully saturated rings. The van der Waals surface area contributed by atoms with E-state index in [9.17, 15) is 16.8 Å². The quantitative estimate of drug-likeness (QED) is 0.746. The van der Waals surface area contributed by atoms with Gasteiger partial charge in [0.1, 0.15) is 10.6 Å². The van der Waals surface area contributed by atoms with Crippen LogP contribution in [0.25, 0.3) is 0 Å². The average molecular weight is 439 g/mol. The van der Waals surface area contributed by atoms with Gasteiger partial charge in [0, 0.05) is 6.54 Å². The fourth-order valence-corrected chi connectivity index (χ4v) is 6.27. The van der Waals surface area contributed by atoms with Crippen molar-refractivity contribution in [2.24, 2.45) is 0 Å². The Morgan fingerprint density at radius 2 is 1.86 bits per heavy atom. The summed E-state index contributed by atoms with van der Waals surface area (Å²) in [5.74, 6) is 0.242. The van der Waals surface area contributed by atoms with Gasteiger partial charge in [-0.3, -0.25) is 9.03 Å². The van der Waals surface area contributed by atoms with E-state index in [-0.39, 0.29) is 23.0 Å². The maximum atomic E-state index is 13.2. The van der Waals surface area contributed by atoms with E-state index in [1.807, 2.05) is 26.0 Å². The van der Waals surface area contributed by atoms with Crippen LogP contribution in [0.1, 0.15) is 30.9 Å². The van der Waals surface area contributed by atoms with E-state index in [1.165, 1.54) is 16.4 Å². The summed E-state index contributed by atoms with van der Waals surface area (Å²) in [4.78, 5) is -0.0856. The number of hydrogen-bond donors (Lipinski definition) is 1. The van der Waals surface area contributed by atoms with Crippen LogP contribution in [0.3, 0.4) is 0 Å². The van der Waals surface area contributed by atoms with Crippen LogP contribution in [0.2, 0.25) is 0 Å². The SMILES string of the molecule is CCOc1ccc(N2CCCCS2(=O)=O)cc1S(=O)(=O)Nc1ccc(C)cc1C. The molecule has 9 heteroatoms. The van der Waals surface area contributed by atoms with Gasteiger partial charge in [-0.1, -0.05) is 17.7 Å². The molecule has 0 radical (unpaired) electrons. The summed E-state index contributed by atoms with van der Waals surface area (Å²) in [5.41, 5.74) is 2.61. The Labute approximate surface area is 172 Å². The lowest BCUT2D eigenvalue weighted by molar-refractivity contribution is 0.331. The second-order valence-electron chi connectivity index (χ2n) is 7.08. The third-order valence-corrected chi connectivity index (χ3v) is 8.04. The molecular weight excluding hydrogens is 412 g/mol. The van der Waals surface area contributed by atoms with Crippen molar-refractivity contribution in [2.75, 3.05) is 27.9 Å². The van der Waals surface area contributed by atoms with Crippen LogP contribution in [0, 0.1) is 13.8 Å². The van der Waals surface area contributed by atoms with E-state index in [0.29, 0.717) is 24.3 Å². The van der Waals surface area contributed by atoms with Gasteiger partial charge in [0.2, 0.25) is 10.0 Å². The highest BCUT2D eigenvalue weighted by atomic mass is 32.2. The first-order chi connectivity index (χ1) is 13.6. The number of aryl methyl sites for hydroxylation is 2. The standard InChI is InChI=1S/C20H26N2O5S2/c1-4-27-19-10-8-17(22-11-5-6-12-28(22,23)24)14-20(19)29(25,26)21-18-9-7-15(2)13-16(18)3/h7-10,13-14,21H,4-6,11-12H2,1-3H3. The van der Waals surface area contributed by atoms with Gasteiger partial charge in [0.25, 0.3) is 10.0 Å². The number of ether oxygens (including phenoxy) is 1. The zero-order valence-electron chi connectivity index (χ0n) is 16.8. The normalized spacial score (nSPS) is 16.4. The molecule has 0 aromatic heterocycles. The van der Waals surface area contributed by atoms with E-state index in [4.69, 9.17) is 4.74 Å². The Hall–Kier alpha value is -2.26.